The van der Waals surface area contributed by atoms with E-state index in [2.05, 4.69) is 14.9 Å². The van der Waals surface area contributed by atoms with Crippen LogP contribution in [0.4, 0.5) is 0 Å². The number of likely N-dealkylation sites (tertiary alicyclic amines) is 1. The lowest BCUT2D eigenvalue weighted by Crippen LogP contribution is -2.55. The van der Waals surface area contributed by atoms with Gasteiger partial charge in [0, 0.05) is 51.2 Å². The average Bonchev–Trinajstić information content (AvgIpc) is 2.79. The predicted octanol–water partition coefficient (Wildman–Crippen LogP) is 2.12. The Morgan fingerprint density at radius 2 is 1.83 bits per heavy atom. The molecule has 3 saturated heterocycles. The Balaban J connectivity index is 1.26. The fourth-order valence-corrected chi connectivity index (χ4v) is 5.06. The molecule has 2 aromatic rings. The summed E-state index contributed by atoms with van der Waals surface area (Å²) in [5.41, 5.74) is 2.00. The van der Waals surface area contributed by atoms with E-state index in [-0.39, 0.29) is 11.5 Å². The molecule has 0 aliphatic carbocycles. The van der Waals surface area contributed by atoms with Crippen LogP contribution in [-0.4, -0.2) is 83.3 Å². The Kier molecular flexibility index (Phi) is 5.20. The highest BCUT2D eigenvalue weighted by molar-refractivity contribution is 6.04. The maximum absolute atomic E-state index is 13.2. The second-order valence-corrected chi connectivity index (χ2v) is 8.35. The summed E-state index contributed by atoms with van der Waals surface area (Å²) in [7, 11) is 0. The standard InChI is InChI=1S/C22H28N4O3/c27-21(18-2-1-3-19-20(18)24-8-7-23-19)26-9-5-22(6-10-26)16-17(4-13-29-22)25-11-14-28-15-12-25/h1-3,7-8,17H,4-6,9-16H2. The quantitative estimate of drug-likeness (QED) is 0.775. The number of hydrogen-bond acceptors (Lipinski definition) is 6. The molecular weight excluding hydrogens is 368 g/mol. The molecule has 0 radical (unpaired) electrons. The van der Waals surface area contributed by atoms with Crippen molar-refractivity contribution >= 4 is 16.9 Å². The first-order valence-electron chi connectivity index (χ1n) is 10.7. The molecule has 0 saturated carbocycles. The Hall–Kier alpha value is -2.09. The zero-order chi connectivity index (χ0) is 19.7. The first-order chi connectivity index (χ1) is 14.2. The molecule has 0 bridgehead atoms. The van der Waals surface area contributed by atoms with Crippen LogP contribution in [0.3, 0.4) is 0 Å². The van der Waals surface area contributed by atoms with Gasteiger partial charge in [-0.15, -0.1) is 0 Å². The molecule has 5 rings (SSSR count). The maximum Gasteiger partial charge on any atom is 0.256 e. The van der Waals surface area contributed by atoms with E-state index in [0.29, 0.717) is 17.1 Å². The highest BCUT2D eigenvalue weighted by Gasteiger charge is 2.42. The number of hydrogen-bond donors (Lipinski definition) is 0. The molecule has 1 unspecified atom stereocenters. The smallest absolute Gasteiger partial charge is 0.256 e. The molecule has 1 spiro atoms. The van der Waals surface area contributed by atoms with Crippen LogP contribution in [-0.2, 0) is 9.47 Å². The van der Waals surface area contributed by atoms with Gasteiger partial charge in [0.1, 0.15) is 5.52 Å². The van der Waals surface area contributed by atoms with Crippen molar-refractivity contribution in [3.8, 4) is 0 Å². The van der Waals surface area contributed by atoms with Gasteiger partial charge in [-0.3, -0.25) is 19.7 Å². The number of ether oxygens (including phenoxy) is 2. The van der Waals surface area contributed by atoms with E-state index < -0.39 is 0 Å². The topological polar surface area (TPSA) is 67.8 Å². The Morgan fingerprint density at radius 3 is 2.66 bits per heavy atom. The van der Waals surface area contributed by atoms with Crippen LogP contribution in [0.15, 0.2) is 30.6 Å². The van der Waals surface area contributed by atoms with Crippen LogP contribution in [0, 0.1) is 0 Å². The molecule has 3 fully saturated rings. The predicted molar refractivity (Wildman–Crippen MR) is 109 cm³/mol. The van der Waals surface area contributed by atoms with E-state index in [9.17, 15) is 4.79 Å². The Bertz CT molecular complexity index is 870. The number of nitrogens with zero attached hydrogens (tertiary/aromatic N) is 4. The molecule has 29 heavy (non-hydrogen) atoms. The lowest BCUT2D eigenvalue weighted by molar-refractivity contribution is -0.136. The summed E-state index contributed by atoms with van der Waals surface area (Å²) >= 11 is 0. The number of carbonyl (C=O) groups is 1. The van der Waals surface area contributed by atoms with Crippen molar-refractivity contribution in [2.45, 2.75) is 37.3 Å². The van der Waals surface area contributed by atoms with E-state index in [1.54, 1.807) is 12.4 Å². The van der Waals surface area contributed by atoms with Gasteiger partial charge in [-0.1, -0.05) is 6.07 Å². The van der Waals surface area contributed by atoms with Gasteiger partial charge >= 0.3 is 0 Å². The number of fused-ring (bicyclic) bond motifs is 1. The second-order valence-electron chi connectivity index (χ2n) is 8.35. The number of morpholine rings is 1. The summed E-state index contributed by atoms with van der Waals surface area (Å²) in [6.45, 7) is 5.98. The molecule has 7 nitrogen and oxygen atoms in total. The summed E-state index contributed by atoms with van der Waals surface area (Å²) in [5.74, 6) is 0.0477. The number of aromatic nitrogens is 2. The molecule has 1 amide bonds. The number of para-hydroxylation sites is 1. The van der Waals surface area contributed by atoms with Crippen LogP contribution in [0.25, 0.3) is 11.0 Å². The molecule has 1 aromatic carbocycles. The molecule has 0 N–H and O–H groups in total. The van der Waals surface area contributed by atoms with E-state index in [4.69, 9.17) is 9.47 Å². The van der Waals surface area contributed by atoms with Crippen molar-refractivity contribution in [2.75, 3.05) is 46.0 Å². The minimum atomic E-state index is -0.0867. The first-order valence-corrected chi connectivity index (χ1v) is 10.7. The lowest BCUT2D eigenvalue weighted by atomic mass is 9.81. The largest absolute Gasteiger partial charge is 0.379 e. The fraction of sp³-hybridized carbons (Fsp3) is 0.591. The Labute approximate surface area is 171 Å². The van der Waals surface area contributed by atoms with Gasteiger partial charge in [-0.25, -0.2) is 0 Å². The Morgan fingerprint density at radius 1 is 1.03 bits per heavy atom. The van der Waals surface area contributed by atoms with Crippen molar-refractivity contribution in [2.24, 2.45) is 0 Å². The third kappa shape index (κ3) is 3.74. The lowest BCUT2D eigenvalue weighted by Gasteiger charge is -2.49. The molecule has 154 valence electrons. The van der Waals surface area contributed by atoms with Gasteiger partial charge in [0.25, 0.3) is 5.91 Å². The molecule has 1 atom stereocenters. The molecule has 7 heteroatoms. The van der Waals surface area contributed by atoms with Gasteiger partial charge < -0.3 is 14.4 Å². The van der Waals surface area contributed by atoms with E-state index in [0.717, 1.165) is 77.2 Å². The first kappa shape index (κ1) is 18.9. The molecule has 4 heterocycles. The fourth-order valence-electron chi connectivity index (χ4n) is 5.06. The van der Waals surface area contributed by atoms with Gasteiger partial charge in [0.2, 0.25) is 0 Å². The van der Waals surface area contributed by atoms with Gasteiger partial charge in [0.15, 0.2) is 0 Å². The monoisotopic (exact) mass is 396 g/mol. The number of amides is 1. The van der Waals surface area contributed by atoms with Crippen molar-refractivity contribution in [1.29, 1.82) is 0 Å². The minimum Gasteiger partial charge on any atom is -0.379 e. The van der Waals surface area contributed by atoms with Gasteiger partial charge in [0.05, 0.1) is 29.9 Å². The van der Waals surface area contributed by atoms with Gasteiger partial charge in [-0.2, -0.15) is 0 Å². The van der Waals surface area contributed by atoms with Crippen LogP contribution >= 0.6 is 0 Å². The van der Waals surface area contributed by atoms with Crippen LogP contribution in [0.5, 0.6) is 0 Å². The number of carbonyl (C=O) groups excluding carboxylic acids is 1. The van der Waals surface area contributed by atoms with Crippen LogP contribution in [0.2, 0.25) is 0 Å². The SMILES string of the molecule is O=C(c1cccc2nccnc12)N1CCC2(CC1)CC(N1CCOCC1)CCO2. The van der Waals surface area contributed by atoms with Gasteiger partial charge in [-0.05, 0) is 37.8 Å². The summed E-state index contributed by atoms with van der Waals surface area (Å²) in [6, 6.07) is 6.21. The second kappa shape index (κ2) is 7.97. The molecule has 3 aliphatic heterocycles. The van der Waals surface area contributed by atoms with Crippen molar-refractivity contribution in [3.63, 3.8) is 0 Å². The van der Waals surface area contributed by atoms with Crippen LogP contribution in [0.1, 0.15) is 36.0 Å². The number of rotatable bonds is 2. The van der Waals surface area contributed by atoms with E-state index in [1.807, 2.05) is 23.1 Å². The maximum atomic E-state index is 13.2. The van der Waals surface area contributed by atoms with Crippen LogP contribution < -0.4 is 0 Å². The summed E-state index contributed by atoms with van der Waals surface area (Å²) < 4.78 is 11.8. The molecule has 1 aromatic heterocycles. The van der Waals surface area contributed by atoms with Crippen molar-refractivity contribution < 1.29 is 14.3 Å². The third-order valence-corrected chi connectivity index (χ3v) is 6.72. The van der Waals surface area contributed by atoms with Crippen molar-refractivity contribution in [3.05, 3.63) is 36.2 Å². The summed E-state index contributed by atoms with van der Waals surface area (Å²) in [5, 5.41) is 0. The normalized spacial score (nSPS) is 25.4. The average molecular weight is 396 g/mol. The highest BCUT2D eigenvalue weighted by Crippen LogP contribution is 2.37. The summed E-state index contributed by atoms with van der Waals surface area (Å²) in [4.78, 5) is 26.4. The number of benzene rings is 1. The molecule has 3 aliphatic rings. The minimum absolute atomic E-state index is 0.0477. The zero-order valence-electron chi connectivity index (χ0n) is 16.8. The zero-order valence-corrected chi connectivity index (χ0v) is 16.8. The highest BCUT2D eigenvalue weighted by atomic mass is 16.5. The van der Waals surface area contributed by atoms with E-state index in [1.165, 1.54) is 0 Å². The third-order valence-electron chi connectivity index (χ3n) is 6.72. The molecular formula is C22H28N4O3. The van der Waals surface area contributed by atoms with Crippen molar-refractivity contribution in [1.82, 2.24) is 19.8 Å². The summed E-state index contributed by atoms with van der Waals surface area (Å²) in [6.07, 6.45) is 7.26. The number of piperidine rings is 1. The van der Waals surface area contributed by atoms with E-state index >= 15 is 0 Å².